The van der Waals surface area contributed by atoms with Crippen LogP contribution in [0.3, 0.4) is 0 Å². The summed E-state index contributed by atoms with van der Waals surface area (Å²) in [7, 11) is 1.36. The molecule has 2 aromatic carbocycles. The number of nitrogens with zero attached hydrogens (tertiary/aromatic N) is 2. The van der Waals surface area contributed by atoms with E-state index in [0.717, 1.165) is 10.2 Å². The third kappa shape index (κ3) is 4.13. The summed E-state index contributed by atoms with van der Waals surface area (Å²) in [6.45, 7) is 1.93. The van der Waals surface area contributed by atoms with Crippen LogP contribution in [0.4, 0.5) is 5.69 Å². The molecule has 6 nitrogen and oxygen atoms in total. The SMILES string of the molecule is COc1cc(=O)n(-c2ccc(C)cc2)nc1C(=O)Nc1ccc(Cl)c(Cl)c1. The molecular weight excluding hydrogens is 389 g/mol. The quantitative estimate of drug-likeness (QED) is 0.711. The number of carbonyl (C=O) groups excluding carboxylic acids is 1. The number of methoxy groups -OCH3 is 1. The number of ether oxygens (including phenoxy) is 1. The molecule has 0 saturated heterocycles. The summed E-state index contributed by atoms with van der Waals surface area (Å²) in [6, 6.07) is 13.1. The van der Waals surface area contributed by atoms with Crippen molar-refractivity contribution in [1.82, 2.24) is 9.78 Å². The topological polar surface area (TPSA) is 73.2 Å². The van der Waals surface area contributed by atoms with E-state index in [-0.39, 0.29) is 11.4 Å². The average molecular weight is 404 g/mol. The van der Waals surface area contributed by atoms with E-state index >= 15 is 0 Å². The van der Waals surface area contributed by atoms with Crippen molar-refractivity contribution in [1.29, 1.82) is 0 Å². The Labute approximate surface area is 165 Å². The second-order valence-corrected chi connectivity index (χ2v) is 6.54. The molecule has 1 amide bonds. The zero-order valence-electron chi connectivity index (χ0n) is 14.5. The molecule has 1 N–H and O–H groups in total. The van der Waals surface area contributed by atoms with Gasteiger partial charge in [-0.25, -0.2) is 0 Å². The number of rotatable bonds is 4. The molecule has 0 unspecified atom stereocenters. The van der Waals surface area contributed by atoms with Crippen LogP contribution >= 0.6 is 23.2 Å². The molecule has 8 heteroatoms. The van der Waals surface area contributed by atoms with E-state index in [2.05, 4.69) is 10.4 Å². The van der Waals surface area contributed by atoms with Crippen LogP contribution in [0.2, 0.25) is 10.0 Å². The van der Waals surface area contributed by atoms with Crippen LogP contribution in [0.15, 0.2) is 53.3 Å². The van der Waals surface area contributed by atoms with Gasteiger partial charge in [0.25, 0.3) is 11.5 Å². The van der Waals surface area contributed by atoms with Crippen LogP contribution in [-0.4, -0.2) is 22.8 Å². The first-order valence-electron chi connectivity index (χ1n) is 7.91. The first-order valence-corrected chi connectivity index (χ1v) is 8.66. The van der Waals surface area contributed by atoms with Crippen molar-refractivity contribution in [2.45, 2.75) is 6.92 Å². The second-order valence-electron chi connectivity index (χ2n) is 5.73. The zero-order chi connectivity index (χ0) is 19.6. The summed E-state index contributed by atoms with van der Waals surface area (Å²) in [5.41, 5.74) is 1.56. The maximum Gasteiger partial charge on any atom is 0.280 e. The maximum atomic E-state index is 12.7. The summed E-state index contributed by atoms with van der Waals surface area (Å²) in [6.07, 6.45) is 0. The Hall–Kier alpha value is -2.83. The van der Waals surface area contributed by atoms with Gasteiger partial charge in [-0.3, -0.25) is 9.59 Å². The lowest BCUT2D eigenvalue weighted by Crippen LogP contribution is -2.26. The Kier molecular flexibility index (Phi) is 5.48. The molecule has 1 heterocycles. The fourth-order valence-corrected chi connectivity index (χ4v) is 2.69. The standard InChI is InChI=1S/C19H15Cl2N3O3/c1-11-3-6-13(7-4-11)24-17(25)10-16(27-2)18(23-24)19(26)22-12-5-8-14(20)15(21)9-12/h3-10H,1-2H3,(H,22,26). The first kappa shape index (κ1) is 18.9. The maximum absolute atomic E-state index is 12.7. The molecule has 0 fully saturated rings. The van der Waals surface area contributed by atoms with E-state index in [1.807, 2.05) is 19.1 Å². The van der Waals surface area contributed by atoms with Crippen LogP contribution in [0.1, 0.15) is 16.1 Å². The highest BCUT2D eigenvalue weighted by Crippen LogP contribution is 2.25. The van der Waals surface area contributed by atoms with Gasteiger partial charge < -0.3 is 10.1 Å². The predicted octanol–water partition coefficient (Wildman–Crippen LogP) is 4.11. The number of aromatic nitrogens is 2. The van der Waals surface area contributed by atoms with Crippen LogP contribution in [0.5, 0.6) is 5.75 Å². The molecule has 0 spiro atoms. The summed E-state index contributed by atoms with van der Waals surface area (Å²) in [4.78, 5) is 25.1. The summed E-state index contributed by atoms with van der Waals surface area (Å²) >= 11 is 11.9. The van der Waals surface area contributed by atoms with Gasteiger partial charge in [-0.05, 0) is 37.3 Å². The highest BCUT2D eigenvalue weighted by Gasteiger charge is 2.18. The monoisotopic (exact) mass is 403 g/mol. The molecule has 3 aromatic rings. The van der Waals surface area contributed by atoms with Crippen LogP contribution in [0, 0.1) is 6.92 Å². The van der Waals surface area contributed by atoms with Crippen molar-refractivity contribution in [3.63, 3.8) is 0 Å². The molecule has 138 valence electrons. The molecule has 0 bridgehead atoms. The van der Waals surface area contributed by atoms with E-state index in [0.29, 0.717) is 21.4 Å². The predicted molar refractivity (Wildman–Crippen MR) is 106 cm³/mol. The smallest absolute Gasteiger partial charge is 0.280 e. The molecule has 0 saturated carbocycles. The Morgan fingerprint density at radius 3 is 2.41 bits per heavy atom. The molecule has 0 aliphatic carbocycles. The molecule has 0 atom stereocenters. The van der Waals surface area contributed by atoms with Gasteiger partial charge >= 0.3 is 0 Å². The van der Waals surface area contributed by atoms with Gasteiger partial charge in [-0.1, -0.05) is 40.9 Å². The van der Waals surface area contributed by atoms with Crippen LogP contribution < -0.4 is 15.6 Å². The number of anilines is 1. The van der Waals surface area contributed by atoms with Gasteiger partial charge in [-0.2, -0.15) is 9.78 Å². The number of nitrogens with one attached hydrogen (secondary N) is 1. The molecule has 3 rings (SSSR count). The molecule has 0 aliphatic heterocycles. The van der Waals surface area contributed by atoms with Gasteiger partial charge in [0.1, 0.15) is 0 Å². The fraction of sp³-hybridized carbons (Fsp3) is 0.105. The average Bonchev–Trinajstić information content (AvgIpc) is 2.65. The molecule has 0 aliphatic rings. The first-order chi connectivity index (χ1) is 12.9. The number of amides is 1. The Balaban J connectivity index is 2.01. The van der Waals surface area contributed by atoms with Gasteiger partial charge in [0.05, 0.1) is 28.9 Å². The highest BCUT2D eigenvalue weighted by atomic mass is 35.5. The van der Waals surface area contributed by atoms with Crippen molar-refractivity contribution in [3.05, 3.63) is 80.2 Å². The van der Waals surface area contributed by atoms with Crippen LogP contribution in [0.25, 0.3) is 5.69 Å². The minimum atomic E-state index is -0.550. The third-order valence-electron chi connectivity index (χ3n) is 3.79. The van der Waals surface area contributed by atoms with Gasteiger partial charge in [0.2, 0.25) is 0 Å². The van der Waals surface area contributed by atoms with Crippen molar-refractivity contribution >= 4 is 34.8 Å². The van der Waals surface area contributed by atoms with Gasteiger partial charge in [0.15, 0.2) is 11.4 Å². The summed E-state index contributed by atoms with van der Waals surface area (Å²) < 4.78 is 6.30. The molecule has 27 heavy (non-hydrogen) atoms. The van der Waals surface area contributed by atoms with Crippen molar-refractivity contribution < 1.29 is 9.53 Å². The lowest BCUT2D eigenvalue weighted by Gasteiger charge is -2.12. The van der Waals surface area contributed by atoms with Gasteiger partial charge in [-0.15, -0.1) is 0 Å². The fourth-order valence-electron chi connectivity index (χ4n) is 2.39. The lowest BCUT2D eigenvalue weighted by molar-refractivity contribution is 0.101. The summed E-state index contributed by atoms with van der Waals surface area (Å²) in [5, 5.41) is 7.53. The Bertz CT molecular complexity index is 1060. The molecular formula is C19H15Cl2N3O3. The minimum Gasteiger partial charge on any atom is -0.494 e. The van der Waals surface area contributed by atoms with E-state index in [1.165, 1.54) is 19.2 Å². The van der Waals surface area contributed by atoms with E-state index in [4.69, 9.17) is 27.9 Å². The minimum absolute atomic E-state index is 0.0382. The normalized spacial score (nSPS) is 10.5. The second kappa shape index (κ2) is 7.82. The van der Waals surface area contributed by atoms with Crippen molar-refractivity contribution in [2.75, 3.05) is 12.4 Å². The molecule has 1 aromatic heterocycles. The number of carbonyl (C=O) groups is 1. The Morgan fingerprint density at radius 1 is 1.07 bits per heavy atom. The lowest BCUT2D eigenvalue weighted by atomic mass is 10.2. The number of halogens is 2. The van der Waals surface area contributed by atoms with E-state index in [9.17, 15) is 9.59 Å². The zero-order valence-corrected chi connectivity index (χ0v) is 16.0. The largest absolute Gasteiger partial charge is 0.494 e. The van der Waals surface area contributed by atoms with Crippen LogP contribution in [-0.2, 0) is 0 Å². The third-order valence-corrected chi connectivity index (χ3v) is 4.53. The van der Waals surface area contributed by atoms with Gasteiger partial charge in [0, 0.05) is 5.69 Å². The van der Waals surface area contributed by atoms with Crippen molar-refractivity contribution in [3.8, 4) is 11.4 Å². The number of hydrogen-bond donors (Lipinski definition) is 1. The van der Waals surface area contributed by atoms with E-state index < -0.39 is 11.5 Å². The number of hydrogen-bond acceptors (Lipinski definition) is 4. The van der Waals surface area contributed by atoms with E-state index in [1.54, 1.807) is 24.3 Å². The van der Waals surface area contributed by atoms with Crippen molar-refractivity contribution in [2.24, 2.45) is 0 Å². The summed E-state index contributed by atoms with van der Waals surface area (Å²) in [5.74, 6) is -0.480. The number of benzene rings is 2. The highest BCUT2D eigenvalue weighted by molar-refractivity contribution is 6.42. The number of aryl methyl sites for hydroxylation is 1. The Morgan fingerprint density at radius 2 is 1.78 bits per heavy atom. The molecule has 0 radical (unpaired) electrons.